The number of carbonyl (C=O) groups is 1. The molecule has 0 unspecified atom stereocenters. The van der Waals surface area contributed by atoms with Crippen molar-refractivity contribution in [3.05, 3.63) is 29.3 Å². The molecule has 94 valence electrons. The number of benzene rings is 1. The molecule has 0 atom stereocenters. The first-order chi connectivity index (χ1) is 8.16. The number of nitrogen functional groups attached to an aromatic ring is 1. The average molecular weight is 236 g/mol. The van der Waals surface area contributed by atoms with Gasteiger partial charge in [-0.3, -0.25) is 4.79 Å². The Bertz CT molecular complexity index is 378. The van der Waals surface area contributed by atoms with E-state index >= 15 is 0 Å². The van der Waals surface area contributed by atoms with Gasteiger partial charge in [0, 0.05) is 24.4 Å². The van der Waals surface area contributed by atoms with Crippen LogP contribution in [0.1, 0.15) is 35.2 Å². The van der Waals surface area contributed by atoms with Crippen molar-refractivity contribution in [3.63, 3.8) is 0 Å². The first-order valence-corrected chi connectivity index (χ1v) is 5.91. The standard InChI is InChI=1S/C13H20N2O2/c1-10-11(6-5-7-12(10)14)13(17)15-8-3-2-4-9-16/h5-7,16H,2-4,8-9,14H2,1H3,(H,15,17). The van der Waals surface area contributed by atoms with E-state index in [0.29, 0.717) is 17.8 Å². The van der Waals surface area contributed by atoms with Crippen molar-refractivity contribution in [2.45, 2.75) is 26.2 Å². The Morgan fingerprint density at radius 3 is 2.82 bits per heavy atom. The Balaban J connectivity index is 2.44. The van der Waals surface area contributed by atoms with Crippen LogP contribution in [0.15, 0.2) is 18.2 Å². The fourth-order valence-electron chi connectivity index (χ4n) is 1.61. The van der Waals surface area contributed by atoms with E-state index in [4.69, 9.17) is 10.8 Å². The van der Waals surface area contributed by atoms with Crippen LogP contribution in [-0.4, -0.2) is 24.2 Å². The summed E-state index contributed by atoms with van der Waals surface area (Å²) in [5.41, 5.74) is 7.83. The van der Waals surface area contributed by atoms with Crippen LogP contribution in [0.3, 0.4) is 0 Å². The summed E-state index contributed by atoms with van der Waals surface area (Å²) < 4.78 is 0. The van der Waals surface area contributed by atoms with Gasteiger partial charge in [-0.05, 0) is 43.9 Å². The van der Waals surface area contributed by atoms with Crippen molar-refractivity contribution in [1.29, 1.82) is 0 Å². The van der Waals surface area contributed by atoms with E-state index < -0.39 is 0 Å². The van der Waals surface area contributed by atoms with Crippen molar-refractivity contribution >= 4 is 11.6 Å². The molecule has 0 aliphatic heterocycles. The smallest absolute Gasteiger partial charge is 0.251 e. The number of aliphatic hydroxyl groups excluding tert-OH is 1. The van der Waals surface area contributed by atoms with Gasteiger partial charge >= 0.3 is 0 Å². The lowest BCUT2D eigenvalue weighted by Crippen LogP contribution is -2.25. The van der Waals surface area contributed by atoms with Crippen LogP contribution in [0.25, 0.3) is 0 Å². The number of carbonyl (C=O) groups excluding carboxylic acids is 1. The van der Waals surface area contributed by atoms with Gasteiger partial charge in [-0.15, -0.1) is 0 Å². The lowest BCUT2D eigenvalue weighted by atomic mass is 10.1. The highest BCUT2D eigenvalue weighted by atomic mass is 16.2. The molecule has 0 saturated heterocycles. The third kappa shape index (κ3) is 4.07. The van der Waals surface area contributed by atoms with Gasteiger partial charge in [0.15, 0.2) is 0 Å². The average Bonchev–Trinajstić information content (AvgIpc) is 2.32. The minimum atomic E-state index is -0.0844. The predicted octanol–water partition coefficient (Wildman–Crippen LogP) is 1.47. The maximum atomic E-state index is 11.8. The Labute approximate surface area is 102 Å². The number of anilines is 1. The van der Waals surface area contributed by atoms with Crippen molar-refractivity contribution in [3.8, 4) is 0 Å². The van der Waals surface area contributed by atoms with E-state index in [-0.39, 0.29) is 12.5 Å². The topological polar surface area (TPSA) is 75.4 Å². The molecule has 4 N–H and O–H groups in total. The highest BCUT2D eigenvalue weighted by Gasteiger charge is 2.09. The lowest BCUT2D eigenvalue weighted by Gasteiger charge is -2.09. The molecule has 1 aromatic carbocycles. The Morgan fingerprint density at radius 1 is 1.35 bits per heavy atom. The van der Waals surface area contributed by atoms with Crippen LogP contribution >= 0.6 is 0 Å². The molecule has 0 bridgehead atoms. The van der Waals surface area contributed by atoms with Crippen LogP contribution in [0.4, 0.5) is 5.69 Å². The van der Waals surface area contributed by atoms with Gasteiger partial charge in [-0.2, -0.15) is 0 Å². The molecule has 4 heteroatoms. The molecule has 0 aliphatic rings. The maximum Gasteiger partial charge on any atom is 0.251 e. The summed E-state index contributed by atoms with van der Waals surface area (Å²) in [7, 11) is 0. The zero-order valence-corrected chi connectivity index (χ0v) is 10.2. The minimum Gasteiger partial charge on any atom is -0.398 e. The molecule has 1 aromatic rings. The van der Waals surface area contributed by atoms with E-state index in [1.807, 2.05) is 6.92 Å². The second kappa shape index (κ2) is 6.91. The molecule has 1 amide bonds. The van der Waals surface area contributed by atoms with E-state index in [9.17, 15) is 4.79 Å². The predicted molar refractivity (Wildman–Crippen MR) is 68.9 cm³/mol. The number of nitrogens with two attached hydrogens (primary N) is 1. The Morgan fingerprint density at radius 2 is 2.12 bits per heavy atom. The van der Waals surface area contributed by atoms with E-state index in [0.717, 1.165) is 24.8 Å². The summed E-state index contributed by atoms with van der Waals surface area (Å²) in [6.07, 6.45) is 2.59. The summed E-state index contributed by atoms with van der Waals surface area (Å²) in [6.45, 7) is 2.69. The molecule has 0 heterocycles. The Hall–Kier alpha value is -1.55. The zero-order valence-electron chi connectivity index (χ0n) is 10.2. The van der Waals surface area contributed by atoms with Crippen molar-refractivity contribution < 1.29 is 9.90 Å². The number of hydrogen-bond donors (Lipinski definition) is 3. The van der Waals surface area contributed by atoms with Gasteiger partial charge in [-0.1, -0.05) is 6.07 Å². The highest BCUT2D eigenvalue weighted by molar-refractivity contribution is 5.96. The van der Waals surface area contributed by atoms with Crippen molar-refractivity contribution in [2.24, 2.45) is 0 Å². The zero-order chi connectivity index (χ0) is 12.7. The molecule has 0 spiro atoms. The number of hydrogen-bond acceptors (Lipinski definition) is 3. The number of aliphatic hydroxyl groups is 1. The monoisotopic (exact) mass is 236 g/mol. The quantitative estimate of drug-likeness (QED) is 0.517. The van der Waals surface area contributed by atoms with Crippen molar-refractivity contribution in [2.75, 3.05) is 18.9 Å². The molecule has 0 radical (unpaired) electrons. The number of amides is 1. The third-order valence-corrected chi connectivity index (χ3v) is 2.74. The fraction of sp³-hybridized carbons (Fsp3) is 0.462. The van der Waals surface area contributed by atoms with Gasteiger partial charge < -0.3 is 16.2 Å². The molecule has 0 aromatic heterocycles. The van der Waals surface area contributed by atoms with Gasteiger partial charge in [0.05, 0.1) is 0 Å². The SMILES string of the molecule is Cc1c(N)cccc1C(=O)NCCCCCO. The van der Waals surface area contributed by atoms with E-state index in [2.05, 4.69) is 5.32 Å². The number of nitrogens with one attached hydrogen (secondary N) is 1. The molecule has 0 fully saturated rings. The second-order valence-corrected chi connectivity index (χ2v) is 4.06. The van der Waals surface area contributed by atoms with Crippen LogP contribution in [0.5, 0.6) is 0 Å². The molecule has 0 saturated carbocycles. The summed E-state index contributed by atoms with van der Waals surface area (Å²) in [5, 5.41) is 11.5. The first kappa shape index (κ1) is 13.5. The molecular weight excluding hydrogens is 216 g/mol. The molecule has 4 nitrogen and oxygen atoms in total. The highest BCUT2D eigenvalue weighted by Crippen LogP contribution is 2.15. The first-order valence-electron chi connectivity index (χ1n) is 5.91. The van der Waals surface area contributed by atoms with Crippen LogP contribution in [0.2, 0.25) is 0 Å². The minimum absolute atomic E-state index is 0.0844. The normalized spacial score (nSPS) is 10.2. The van der Waals surface area contributed by atoms with Crippen LogP contribution in [-0.2, 0) is 0 Å². The Kier molecular flexibility index (Phi) is 5.49. The lowest BCUT2D eigenvalue weighted by molar-refractivity contribution is 0.0952. The van der Waals surface area contributed by atoms with Gasteiger partial charge in [-0.25, -0.2) is 0 Å². The summed E-state index contributed by atoms with van der Waals surface area (Å²) in [4.78, 5) is 11.8. The molecule has 17 heavy (non-hydrogen) atoms. The van der Waals surface area contributed by atoms with Gasteiger partial charge in [0.1, 0.15) is 0 Å². The summed E-state index contributed by atoms with van der Waals surface area (Å²) in [6, 6.07) is 5.34. The van der Waals surface area contributed by atoms with E-state index in [1.54, 1.807) is 18.2 Å². The van der Waals surface area contributed by atoms with Gasteiger partial charge in [0.2, 0.25) is 0 Å². The largest absolute Gasteiger partial charge is 0.398 e. The van der Waals surface area contributed by atoms with E-state index in [1.165, 1.54) is 0 Å². The van der Waals surface area contributed by atoms with Gasteiger partial charge in [0.25, 0.3) is 5.91 Å². The maximum absolute atomic E-state index is 11.8. The van der Waals surface area contributed by atoms with Crippen LogP contribution < -0.4 is 11.1 Å². The second-order valence-electron chi connectivity index (χ2n) is 4.06. The fourth-order valence-corrected chi connectivity index (χ4v) is 1.61. The van der Waals surface area contributed by atoms with Crippen LogP contribution in [0, 0.1) is 6.92 Å². The molecule has 1 rings (SSSR count). The summed E-state index contributed by atoms with van der Waals surface area (Å²) >= 11 is 0. The van der Waals surface area contributed by atoms with Crippen molar-refractivity contribution in [1.82, 2.24) is 5.32 Å². The number of rotatable bonds is 6. The summed E-state index contributed by atoms with van der Waals surface area (Å²) in [5.74, 6) is -0.0844. The number of unbranched alkanes of at least 4 members (excludes halogenated alkanes) is 2. The molecular formula is C13H20N2O2. The molecule has 0 aliphatic carbocycles. The third-order valence-electron chi connectivity index (χ3n) is 2.74.